The monoisotopic (exact) mass is 470 g/mol. The van der Waals surface area contributed by atoms with Gasteiger partial charge in [0.1, 0.15) is 6.61 Å². The third kappa shape index (κ3) is 3.83. The molecule has 0 aliphatic carbocycles. The molecular weight excluding hydrogens is 448 g/mol. The van der Waals surface area contributed by atoms with E-state index in [9.17, 15) is 9.59 Å². The predicted molar refractivity (Wildman–Crippen MR) is 126 cm³/mol. The molecule has 0 saturated carbocycles. The Morgan fingerprint density at radius 1 is 1.22 bits per heavy atom. The third-order valence-electron chi connectivity index (χ3n) is 5.96. The molecule has 0 bridgehead atoms. The normalized spacial score (nSPS) is 17.3. The molecule has 0 atom stereocenters. The van der Waals surface area contributed by atoms with Crippen molar-refractivity contribution >= 4 is 56.5 Å². The van der Waals surface area contributed by atoms with Crippen LogP contribution in [-0.4, -0.2) is 41.1 Å². The molecule has 0 unspecified atom stereocenters. The van der Waals surface area contributed by atoms with Crippen molar-refractivity contribution in [2.45, 2.75) is 39.3 Å². The Labute approximate surface area is 195 Å². The van der Waals surface area contributed by atoms with Crippen molar-refractivity contribution < 1.29 is 14.3 Å². The summed E-state index contributed by atoms with van der Waals surface area (Å²) in [5, 5.41) is 5.41. The highest BCUT2D eigenvalue weighted by molar-refractivity contribution is 7.18. The van der Waals surface area contributed by atoms with Crippen LogP contribution in [0.15, 0.2) is 36.4 Å². The first-order chi connectivity index (χ1) is 15.4. The summed E-state index contributed by atoms with van der Waals surface area (Å²) in [6, 6.07) is 11.5. The molecular formula is C23H23ClN4O3S. The highest BCUT2D eigenvalue weighted by Crippen LogP contribution is 2.34. The number of hydrogen-bond donors (Lipinski definition) is 0. The maximum atomic E-state index is 12.6. The SMILES string of the molecule is CC(=O)N(c1ccc2sc(C)nc2c1)N1CCC(N2C(=O)OCc3cc(Cl)ccc32)CC1. The first kappa shape index (κ1) is 21.2. The number of anilines is 2. The zero-order valence-electron chi connectivity index (χ0n) is 17.9. The summed E-state index contributed by atoms with van der Waals surface area (Å²) in [6.45, 7) is 5.08. The Morgan fingerprint density at radius 3 is 2.75 bits per heavy atom. The van der Waals surface area contributed by atoms with Gasteiger partial charge in [0.2, 0.25) is 5.91 Å². The quantitative estimate of drug-likeness (QED) is 0.529. The third-order valence-corrected chi connectivity index (χ3v) is 7.15. The van der Waals surface area contributed by atoms with E-state index in [1.165, 1.54) is 0 Å². The van der Waals surface area contributed by atoms with E-state index in [4.69, 9.17) is 16.3 Å². The Balaban J connectivity index is 1.36. The van der Waals surface area contributed by atoms with Crippen molar-refractivity contribution in [2.75, 3.05) is 23.0 Å². The molecule has 5 rings (SSSR count). The summed E-state index contributed by atoms with van der Waals surface area (Å²) in [6.07, 6.45) is 1.11. The van der Waals surface area contributed by atoms with Crippen molar-refractivity contribution in [1.82, 2.24) is 9.99 Å². The van der Waals surface area contributed by atoms with Gasteiger partial charge in [-0.2, -0.15) is 0 Å². The number of aromatic nitrogens is 1. The zero-order valence-corrected chi connectivity index (χ0v) is 19.4. The minimum Gasteiger partial charge on any atom is -0.444 e. The summed E-state index contributed by atoms with van der Waals surface area (Å²) < 4.78 is 6.50. The fourth-order valence-corrected chi connectivity index (χ4v) is 5.58. The molecule has 7 nitrogen and oxygen atoms in total. The van der Waals surface area contributed by atoms with Gasteiger partial charge in [-0.1, -0.05) is 11.6 Å². The number of fused-ring (bicyclic) bond motifs is 2. The van der Waals surface area contributed by atoms with Crippen LogP contribution in [0.4, 0.5) is 16.2 Å². The molecule has 0 N–H and O–H groups in total. The molecule has 32 heavy (non-hydrogen) atoms. The number of thiazole rings is 1. The van der Waals surface area contributed by atoms with E-state index in [0.29, 0.717) is 18.1 Å². The maximum absolute atomic E-state index is 12.6. The van der Waals surface area contributed by atoms with Crippen LogP contribution in [0.2, 0.25) is 5.02 Å². The second-order valence-electron chi connectivity index (χ2n) is 8.10. The standard InChI is InChI=1S/C23H23ClN4O3S/c1-14-25-20-12-19(4-6-22(20)32-14)28(15(2)29)26-9-7-18(8-10-26)27-21-5-3-17(24)11-16(21)13-31-23(27)30/h3-6,11-12,18H,7-10,13H2,1-2H3. The molecule has 0 radical (unpaired) electrons. The number of hydrogen-bond acceptors (Lipinski definition) is 6. The van der Waals surface area contributed by atoms with Gasteiger partial charge >= 0.3 is 6.09 Å². The molecule has 3 aromatic rings. The second-order valence-corrected chi connectivity index (χ2v) is 9.77. The van der Waals surface area contributed by atoms with E-state index in [0.717, 1.165) is 45.0 Å². The van der Waals surface area contributed by atoms with Crippen molar-refractivity contribution in [3.63, 3.8) is 0 Å². The van der Waals surface area contributed by atoms with E-state index < -0.39 is 0 Å². The van der Waals surface area contributed by atoms with E-state index in [1.54, 1.807) is 34.2 Å². The average Bonchev–Trinajstić information content (AvgIpc) is 3.14. The molecule has 0 spiro atoms. The van der Waals surface area contributed by atoms with Gasteiger partial charge in [-0.25, -0.2) is 19.8 Å². The highest BCUT2D eigenvalue weighted by Gasteiger charge is 2.36. The van der Waals surface area contributed by atoms with Crippen LogP contribution < -0.4 is 9.91 Å². The van der Waals surface area contributed by atoms with E-state index in [2.05, 4.69) is 9.99 Å². The lowest BCUT2D eigenvalue weighted by Gasteiger charge is -2.43. The summed E-state index contributed by atoms with van der Waals surface area (Å²) in [4.78, 5) is 31.5. The number of nitrogens with zero attached hydrogens (tertiary/aromatic N) is 4. The largest absolute Gasteiger partial charge is 0.444 e. The van der Waals surface area contributed by atoms with Gasteiger partial charge in [-0.3, -0.25) is 9.69 Å². The topological polar surface area (TPSA) is 66.0 Å². The summed E-state index contributed by atoms with van der Waals surface area (Å²) in [5.41, 5.74) is 3.48. The lowest BCUT2D eigenvalue weighted by molar-refractivity contribution is -0.119. The highest BCUT2D eigenvalue weighted by atomic mass is 35.5. The van der Waals surface area contributed by atoms with Crippen molar-refractivity contribution in [3.8, 4) is 0 Å². The van der Waals surface area contributed by atoms with E-state index in [1.807, 2.05) is 37.3 Å². The summed E-state index contributed by atoms with van der Waals surface area (Å²) in [7, 11) is 0. The number of cyclic esters (lactones) is 1. The molecule has 3 heterocycles. The van der Waals surface area contributed by atoms with Gasteiger partial charge in [0, 0.05) is 36.6 Å². The Bertz CT molecular complexity index is 1210. The van der Waals surface area contributed by atoms with Crippen molar-refractivity contribution in [3.05, 3.63) is 52.0 Å². The molecule has 2 amide bonds. The van der Waals surface area contributed by atoms with Crippen molar-refractivity contribution in [2.24, 2.45) is 0 Å². The van der Waals surface area contributed by atoms with Crippen LogP contribution in [0.5, 0.6) is 0 Å². The number of amides is 2. The molecule has 166 valence electrons. The number of benzene rings is 2. The molecule has 2 aromatic carbocycles. The lowest BCUT2D eigenvalue weighted by Crippen LogP contribution is -2.54. The van der Waals surface area contributed by atoms with E-state index in [-0.39, 0.29) is 24.6 Å². The van der Waals surface area contributed by atoms with Gasteiger partial charge in [-0.15, -0.1) is 11.3 Å². The van der Waals surface area contributed by atoms with E-state index >= 15 is 0 Å². The second kappa shape index (κ2) is 8.35. The molecule has 1 aromatic heterocycles. The first-order valence-corrected chi connectivity index (χ1v) is 11.8. The lowest BCUT2D eigenvalue weighted by atomic mass is 10.0. The number of hydrazine groups is 1. The van der Waals surface area contributed by atoms with Gasteiger partial charge in [-0.05, 0) is 56.2 Å². The van der Waals surface area contributed by atoms with Gasteiger partial charge < -0.3 is 4.74 Å². The minimum atomic E-state index is -0.328. The van der Waals surface area contributed by atoms with Gasteiger partial charge in [0.15, 0.2) is 0 Å². The van der Waals surface area contributed by atoms with Crippen molar-refractivity contribution in [1.29, 1.82) is 0 Å². The Hall–Kier alpha value is -2.68. The number of piperidine rings is 1. The first-order valence-electron chi connectivity index (χ1n) is 10.6. The molecule has 1 fully saturated rings. The number of halogens is 1. The average molecular weight is 471 g/mol. The Kier molecular flexibility index (Phi) is 5.53. The Morgan fingerprint density at radius 2 is 2.00 bits per heavy atom. The molecule has 1 saturated heterocycles. The van der Waals surface area contributed by atoms with Crippen LogP contribution in [0.1, 0.15) is 30.3 Å². The molecule has 9 heteroatoms. The number of rotatable bonds is 3. The number of aryl methyl sites for hydroxylation is 1. The summed E-state index contributed by atoms with van der Waals surface area (Å²) >= 11 is 7.76. The molecule has 2 aliphatic heterocycles. The summed E-state index contributed by atoms with van der Waals surface area (Å²) in [5.74, 6) is -0.0490. The molecule has 2 aliphatic rings. The fourth-order valence-electron chi connectivity index (χ4n) is 4.58. The van der Waals surface area contributed by atoms with Crippen LogP contribution in [-0.2, 0) is 16.1 Å². The zero-order chi connectivity index (χ0) is 22.4. The maximum Gasteiger partial charge on any atom is 0.414 e. The predicted octanol–water partition coefficient (Wildman–Crippen LogP) is 5.15. The number of ether oxygens (including phenoxy) is 1. The van der Waals surface area contributed by atoms with Gasteiger partial charge in [0.05, 0.1) is 26.6 Å². The fraction of sp³-hybridized carbons (Fsp3) is 0.348. The van der Waals surface area contributed by atoms with Crippen LogP contribution >= 0.6 is 22.9 Å². The van der Waals surface area contributed by atoms with Gasteiger partial charge in [0.25, 0.3) is 0 Å². The van der Waals surface area contributed by atoms with Crippen LogP contribution in [0.3, 0.4) is 0 Å². The number of carbonyl (C=O) groups is 2. The smallest absolute Gasteiger partial charge is 0.414 e. The van der Waals surface area contributed by atoms with Crippen LogP contribution in [0, 0.1) is 6.92 Å². The number of carbonyl (C=O) groups excluding carboxylic acids is 2. The minimum absolute atomic E-state index is 0.00328. The van der Waals surface area contributed by atoms with Crippen LogP contribution in [0.25, 0.3) is 10.2 Å².